The number of amides is 2. The Labute approximate surface area is 193 Å². The van der Waals surface area contributed by atoms with Crippen molar-refractivity contribution in [3.05, 3.63) is 106 Å². The molecule has 3 N–H and O–H groups in total. The summed E-state index contributed by atoms with van der Waals surface area (Å²) in [7, 11) is 0. The van der Waals surface area contributed by atoms with E-state index in [4.69, 9.17) is 11.6 Å². The van der Waals surface area contributed by atoms with Gasteiger partial charge in [0.05, 0.1) is 6.54 Å². The van der Waals surface area contributed by atoms with E-state index in [1.807, 2.05) is 48.7 Å². The number of carbonyl (C=O) groups excluding carboxylic acids is 2. The second-order valence-electron chi connectivity index (χ2n) is 7.51. The number of halogens is 3. The van der Waals surface area contributed by atoms with Crippen molar-refractivity contribution in [2.45, 2.75) is 5.92 Å². The first-order valence-corrected chi connectivity index (χ1v) is 10.6. The number of para-hydroxylation sites is 1. The number of rotatable bonds is 7. The molecule has 1 aromatic heterocycles. The first-order valence-electron chi connectivity index (χ1n) is 10.2. The SMILES string of the molecule is O=C(CNC(=O)c1cc(F)cc(F)c1)NCC(c1ccccc1Cl)c1c[nH]c2ccccc12. The predicted molar refractivity (Wildman–Crippen MR) is 123 cm³/mol. The number of hydrogen-bond acceptors (Lipinski definition) is 2. The summed E-state index contributed by atoms with van der Waals surface area (Å²) >= 11 is 6.46. The van der Waals surface area contributed by atoms with Gasteiger partial charge in [0.15, 0.2) is 0 Å². The van der Waals surface area contributed by atoms with Crippen LogP contribution in [0, 0.1) is 11.6 Å². The van der Waals surface area contributed by atoms with Gasteiger partial charge in [0.1, 0.15) is 11.6 Å². The number of aromatic amines is 1. The third kappa shape index (κ3) is 5.21. The van der Waals surface area contributed by atoms with Crippen molar-refractivity contribution in [1.29, 1.82) is 0 Å². The highest BCUT2D eigenvalue weighted by Crippen LogP contribution is 2.34. The Hall–Kier alpha value is -3.71. The second-order valence-corrected chi connectivity index (χ2v) is 7.92. The Bertz CT molecular complexity index is 1300. The van der Waals surface area contributed by atoms with Crippen LogP contribution in [-0.4, -0.2) is 29.9 Å². The smallest absolute Gasteiger partial charge is 0.251 e. The molecule has 5 nitrogen and oxygen atoms in total. The summed E-state index contributed by atoms with van der Waals surface area (Å²) < 4.78 is 26.6. The molecule has 0 fully saturated rings. The van der Waals surface area contributed by atoms with Gasteiger partial charge in [-0.1, -0.05) is 48.0 Å². The third-order valence-corrected chi connectivity index (χ3v) is 5.66. The van der Waals surface area contributed by atoms with Gasteiger partial charge in [-0.3, -0.25) is 9.59 Å². The number of fused-ring (bicyclic) bond motifs is 1. The predicted octanol–water partition coefficient (Wildman–Crippen LogP) is 4.78. The molecule has 1 heterocycles. The van der Waals surface area contributed by atoms with Gasteiger partial charge in [0.2, 0.25) is 5.91 Å². The zero-order chi connectivity index (χ0) is 23.4. The lowest BCUT2D eigenvalue weighted by atomic mass is 9.90. The van der Waals surface area contributed by atoms with Crippen molar-refractivity contribution in [3.8, 4) is 0 Å². The Morgan fingerprint density at radius 2 is 1.61 bits per heavy atom. The van der Waals surface area contributed by atoms with Gasteiger partial charge in [-0.15, -0.1) is 0 Å². The van der Waals surface area contributed by atoms with E-state index in [1.165, 1.54) is 0 Å². The van der Waals surface area contributed by atoms with Gasteiger partial charge in [-0.2, -0.15) is 0 Å². The molecule has 4 rings (SSSR count). The van der Waals surface area contributed by atoms with Crippen molar-refractivity contribution in [3.63, 3.8) is 0 Å². The largest absolute Gasteiger partial charge is 0.361 e. The maximum absolute atomic E-state index is 13.3. The fourth-order valence-electron chi connectivity index (χ4n) is 3.75. The summed E-state index contributed by atoms with van der Waals surface area (Å²) in [5.74, 6) is -3.18. The van der Waals surface area contributed by atoms with Gasteiger partial charge in [-0.25, -0.2) is 8.78 Å². The quantitative estimate of drug-likeness (QED) is 0.366. The molecule has 1 unspecified atom stereocenters. The Morgan fingerprint density at radius 1 is 0.909 bits per heavy atom. The van der Waals surface area contributed by atoms with Gasteiger partial charge in [0.25, 0.3) is 5.91 Å². The van der Waals surface area contributed by atoms with Gasteiger partial charge >= 0.3 is 0 Å². The molecule has 33 heavy (non-hydrogen) atoms. The van der Waals surface area contributed by atoms with Crippen molar-refractivity contribution in [2.75, 3.05) is 13.1 Å². The lowest BCUT2D eigenvalue weighted by Crippen LogP contribution is -2.38. The maximum Gasteiger partial charge on any atom is 0.251 e. The monoisotopic (exact) mass is 467 g/mol. The summed E-state index contributed by atoms with van der Waals surface area (Å²) in [6, 6.07) is 17.7. The lowest BCUT2D eigenvalue weighted by Gasteiger charge is -2.19. The number of nitrogens with one attached hydrogen (secondary N) is 3. The van der Waals surface area contributed by atoms with E-state index in [2.05, 4.69) is 15.6 Å². The highest BCUT2D eigenvalue weighted by Gasteiger charge is 2.21. The third-order valence-electron chi connectivity index (χ3n) is 5.31. The van der Waals surface area contributed by atoms with Crippen molar-refractivity contribution in [1.82, 2.24) is 15.6 Å². The highest BCUT2D eigenvalue weighted by atomic mass is 35.5. The summed E-state index contributed by atoms with van der Waals surface area (Å²) in [4.78, 5) is 27.8. The molecule has 168 valence electrons. The molecule has 0 radical (unpaired) electrons. The maximum atomic E-state index is 13.3. The normalized spacial score (nSPS) is 11.8. The van der Waals surface area contributed by atoms with E-state index in [0.717, 1.165) is 34.2 Å². The van der Waals surface area contributed by atoms with Crippen LogP contribution in [0.2, 0.25) is 5.02 Å². The van der Waals surface area contributed by atoms with Crippen LogP contribution in [0.1, 0.15) is 27.4 Å². The molecule has 0 saturated carbocycles. The average molecular weight is 468 g/mol. The van der Waals surface area contributed by atoms with Gasteiger partial charge in [-0.05, 0) is 35.4 Å². The minimum atomic E-state index is -0.870. The van der Waals surface area contributed by atoms with E-state index in [9.17, 15) is 18.4 Å². The Morgan fingerprint density at radius 3 is 2.36 bits per heavy atom. The zero-order valence-electron chi connectivity index (χ0n) is 17.4. The van der Waals surface area contributed by atoms with E-state index >= 15 is 0 Å². The van der Waals surface area contributed by atoms with E-state index < -0.39 is 23.4 Å². The number of H-pyrrole nitrogens is 1. The molecule has 0 aliphatic carbocycles. The fourth-order valence-corrected chi connectivity index (χ4v) is 4.02. The van der Waals surface area contributed by atoms with Crippen molar-refractivity contribution in [2.24, 2.45) is 0 Å². The van der Waals surface area contributed by atoms with Crippen LogP contribution in [0.25, 0.3) is 10.9 Å². The molecular weight excluding hydrogens is 448 g/mol. The second kappa shape index (κ2) is 9.83. The van der Waals surface area contributed by atoms with Crippen LogP contribution >= 0.6 is 11.6 Å². The topological polar surface area (TPSA) is 74.0 Å². The van der Waals surface area contributed by atoms with E-state index in [1.54, 1.807) is 6.07 Å². The van der Waals surface area contributed by atoms with E-state index in [0.29, 0.717) is 11.1 Å². The minimum absolute atomic E-state index is 0.201. The first-order chi connectivity index (χ1) is 15.9. The molecular formula is C25H20ClF2N3O2. The molecule has 0 bridgehead atoms. The molecule has 8 heteroatoms. The highest BCUT2D eigenvalue weighted by molar-refractivity contribution is 6.31. The van der Waals surface area contributed by atoms with Crippen LogP contribution in [0.3, 0.4) is 0 Å². The summed E-state index contributed by atoms with van der Waals surface area (Å²) in [5.41, 5.74) is 2.58. The van der Waals surface area contributed by atoms with Crippen LogP contribution in [0.5, 0.6) is 0 Å². The van der Waals surface area contributed by atoms with E-state index in [-0.39, 0.29) is 24.6 Å². The lowest BCUT2D eigenvalue weighted by molar-refractivity contribution is -0.120. The van der Waals surface area contributed by atoms with Crippen LogP contribution < -0.4 is 10.6 Å². The molecule has 0 saturated heterocycles. The molecule has 2 amide bonds. The molecule has 3 aromatic carbocycles. The number of benzene rings is 3. The minimum Gasteiger partial charge on any atom is -0.361 e. The first kappa shape index (κ1) is 22.5. The zero-order valence-corrected chi connectivity index (χ0v) is 18.1. The molecule has 0 spiro atoms. The molecule has 0 aliphatic heterocycles. The number of hydrogen-bond donors (Lipinski definition) is 3. The Balaban J connectivity index is 1.47. The standard InChI is InChI=1S/C25H20ClF2N3O2/c26-22-7-3-1-5-18(22)20(21-12-29-23-8-4-2-6-19(21)23)13-30-24(32)14-31-25(33)15-9-16(27)11-17(28)10-15/h1-12,20,29H,13-14H2,(H,30,32)(H,31,33). The average Bonchev–Trinajstić information content (AvgIpc) is 3.22. The van der Waals surface area contributed by atoms with Crippen LogP contribution in [0.4, 0.5) is 8.78 Å². The molecule has 4 aromatic rings. The van der Waals surface area contributed by atoms with Crippen LogP contribution in [0.15, 0.2) is 72.9 Å². The van der Waals surface area contributed by atoms with Crippen molar-refractivity contribution >= 4 is 34.3 Å². The van der Waals surface area contributed by atoms with Gasteiger partial charge in [0, 0.05) is 46.2 Å². The summed E-state index contributed by atoms with van der Waals surface area (Å²) in [6.45, 7) is -0.116. The fraction of sp³-hybridized carbons (Fsp3) is 0.120. The number of carbonyl (C=O) groups is 2. The summed E-state index contributed by atoms with van der Waals surface area (Å²) in [6.07, 6.45) is 1.89. The molecule has 0 aliphatic rings. The number of aromatic nitrogens is 1. The summed E-state index contributed by atoms with van der Waals surface area (Å²) in [5, 5.41) is 6.78. The Kier molecular flexibility index (Phi) is 6.70. The van der Waals surface area contributed by atoms with Crippen molar-refractivity contribution < 1.29 is 18.4 Å². The van der Waals surface area contributed by atoms with Crippen LogP contribution in [-0.2, 0) is 4.79 Å². The van der Waals surface area contributed by atoms with Gasteiger partial charge < -0.3 is 15.6 Å². The molecule has 1 atom stereocenters.